The number of benzene rings is 1. The lowest BCUT2D eigenvalue weighted by Crippen LogP contribution is -2.38. The number of nitrogens with one attached hydrogen (secondary N) is 2. The summed E-state index contributed by atoms with van der Waals surface area (Å²) in [5, 5.41) is 10.3. The maximum absolute atomic E-state index is 12.3. The summed E-state index contributed by atoms with van der Waals surface area (Å²) in [7, 11) is 1.81. The molecule has 0 spiro atoms. The Morgan fingerprint density at radius 1 is 1.50 bits per heavy atom. The summed E-state index contributed by atoms with van der Waals surface area (Å²) < 4.78 is 1.62. The van der Waals surface area contributed by atoms with Gasteiger partial charge in [-0.1, -0.05) is 24.3 Å². The monoisotopic (exact) mass is 271 g/mol. The van der Waals surface area contributed by atoms with E-state index in [0.717, 1.165) is 12.1 Å². The highest BCUT2D eigenvalue weighted by atomic mass is 16.1. The van der Waals surface area contributed by atoms with Crippen molar-refractivity contribution in [2.45, 2.75) is 19.0 Å². The van der Waals surface area contributed by atoms with Gasteiger partial charge in [0, 0.05) is 20.1 Å². The van der Waals surface area contributed by atoms with Crippen molar-refractivity contribution in [3.05, 3.63) is 47.5 Å². The van der Waals surface area contributed by atoms with Crippen molar-refractivity contribution in [2.75, 3.05) is 6.54 Å². The van der Waals surface area contributed by atoms with Crippen LogP contribution in [0.3, 0.4) is 0 Å². The number of carbonyl (C=O) groups is 1. The molecule has 0 saturated heterocycles. The number of amides is 1. The third-order valence-electron chi connectivity index (χ3n) is 3.48. The van der Waals surface area contributed by atoms with Crippen LogP contribution >= 0.6 is 0 Å². The van der Waals surface area contributed by atoms with Gasteiger partial charge in [-0.3, -0.25) is 9.48 Å². The zero-order chi connectivity index (χ0) is 13.9. The van der Waals surface area contributed by atoms with Gasteiger partial charge in [-0.15, -0.1) is 0 Å². The van der Waals surface area contributed by atoms with Crippen LogP contribution in [0, 0.1) is 0 Å². The number of hydrogen-bond acceptors (Lipinski definition) is 4. The summed E-state index contributed by atoms with van der Waals surface area (Å²) in [6.45, 7) is 1.85. The van der Waals surface area contributed by atoms with E-state index < -0.39 is 0 Å². The average Bonchev–Trinajstić information content (AvgIpc) is 2.90. The maximum Gasteiger partial charge on any atom is 0.229 e. The van der Waals surface area contributed by atoms with E-state index in [1.165, 1.54) is 5.56 Å². The molecule has 0 saturated carbocycles. The Kier molecular flexibility index (Phi) is 3.47. The second kappa shape index (κ2) is 5.42. The Labute approximate surface area is 117 Å². The van der Waals surface area contributed by atoms with Crippen molar-refractivity contribution in [3.63, 3.8) is 0 Å². The van der Waals surface area contributed by atoms with E-state index in [1.807, 2.05) is 18.2 Å². The van der Waals surface area contributed by atoms with E-state index in [9.17, 15) is 4.79 Å². The Bertz CT molecular complexity index is 622. The number of rotatable bonds is 3. The van der Waals surface area contributed by atoms with Crippen LogP contribution in [0.1, 0.15) is 22.9 Å². The summed E-state index contributed by atoms with van der Waals surface area (Å²) in [5.41, 5.74) is 2.30. The van der Waals surface area contributed by atoms with Crippen LogP contribution in [0.25, 0.3) is 0 Å². The van der Waals surface area contributed by atoms with Crippen molar-refractivity contribution < 1.29 is 4.79 Å². The summed E-state index contributed by atoms with van der Waals surface area (Å²) in [6.07, 6.45) is 1.62. The molecule has 0 aliphatic carbocycles. The average molecular weight is 271 g/mol. The highest BCUT2D eigenvalue weighted by Crippen LogP contribution is 2.23. The number of carbonyl (C=O) groups excluding carboxylic acids is 1. The van der Waals surface area contributed by atoms with Gasteiger partial charge in [-0.05, 0) is 11.1 Å². The molecule has 0 radical (unpaired) electrons. The van der Waals surface area contributed by atoms with Crippen molar-refractivity contribution in [3.8, 4) is 0 Å². The van der Waals surface area contributed by atoms with Crippen LogP contribution in [0.5, 0.6) is 0 Å². The topological polar surface area (TPSA) is 71.8 Å². The smallest absolute Gasteiger partial charge is 0.229 e. The van der Waals surface area contributed by atoms with E-state index in [-0.39, 0.29) is 11.8 Å². The fraction of sp³-hybridized carbons (Fsp3) is 0.357. The van der Waals surface area contributed by atoms with Crippen molar-refractivity contribution >= 4 is 5.91 Å². The number of fused-ring (bicyclic) bond motifs is 1. The standard InChI is InChI=1S/C14H17N5O/c1-19-9-17-13(18-19)8-16-14(20)12-7-15-6-10-4-2-3-5-11(10)12/h2-5,9,12,15H,6-8H2,1H3,(H,16,20). The Balaban J connectivity index is 1.69. The minimum Gasteiger partial charge on any atom is -0.348 e. The van der Waals surface area contributed by atoms with Crippen LogP contribution < -0.4 is 10.6 Å². The molecule has 0 bridgehead atoms. The first kappa shape index (κ1) is 12.8. The first-order valence-electron chi connectivity index (χ1n) is 6.65. The molecule has 1 aliphatic rings. The molecule has 20 heavy (non-hydrogen) atoms. The molecular weight excluding hydrogens is 254 g/mol. The normalized spacial score (nSPS) is 17.6. The van der Waals surface area contributed by atoms with Gasteiger partial charge in [0.15, 0.2) is 5.82 Å². The van der Waals surface area contributed by atoms with Crippen LogP contribution in [-0.4, -0.2) is 27.2 Å². The van der Waals surface area contributed by atoms with Gasteiger partial charge >= 0.3 is 0 Å². The van der Waals surface area contributed by atoms with Crippen molar-refractivity contribution in [1.29, 1.82) is 0 Å². The molecule has 6 heteroatoms. The molecule has 1 atom stereocenters. The lowest BCUT2D eigenvalue weighted by atomic mass is 9.90. The summed E-state index contributed by atoms with van der Waals surface area (Å²) in [6, 6.07) is 8.06. The molecule has 3 rings (SSSR count). The third-order valence-corrected chi connectivity index (χ3v) is 3.48. The summed E-state index contributed by atoms with van der Waals surface area (Å²) in [5.74, 6) is 0.485. The molecule has 1 aliphatic heterocycles. The second-order valence-corrected chi connectivity index (χ2v) is 4.93. The molecule has 104 valence electrons. The zero-order valence-corrected chi connectivity index (χ0v) is 11.3. The van der Waals surface area contributed by atoms with Gasteiger partial charge in [0.1, 0.15) is 6.33 Å². The van der Waals surface area contributed by atoms with Crippen LogP contribution in [0.4, 0.5) is 0 Å². The van der Waals surface area contributed by atoms with E-state index >= 15 is 0 Å². The van der Waals surface area contributed by atoms with E-state index in [2.05, 4.69) is 26.8 Å². The van der Waals surface area contributed by atoms with Crippen molar-refractivity contribution in [1.82, 2.24) is 25.4 Å². The van der Waals surface area contributed by atoms with Gasteiger partial charge in [0.2, 0.25) is 5.91 Å². The molecule has 1 aromatic carbocycles. The zero-order valence-electron chi connectivity index (χ0n) is 11.3. The van der Waals surface area contributed by atoms with Gasteiger partial charge in [0.05, 0.1) is 12.5 Å². The third kappa shape index (κ3) is 2.55. The molecule has 6 nitrogen and oxygen atoms in total. The molecule has 2 heterocycles. The Hall–Kier alpha value is -2.21. The molecule has 1 aromatic heterocycles. The molecule has 2 aromatic rings. The van der Waals surface area contributed by atoms with E-state index in [1.54, 1.807) is 18.1 Å². The lowest BCUT2D eigenvalue weighted by molar-refractivity contribution is -0.122. The number of aryl methyl sites for hydroxylation is 1. The Morgan fingerprint density at radius 2 is 2.35 bits per heavy atom. The number of hydrogen-bond donors (Lipinski definition) is 2. The first-order chi connectivity index (χ1) is 9.74. The van der Waals surface area contributed by atoms with Gasteiger partial charge in [0.25, 0.3) is 0 Å². The Morgan fingerprint density at radius 3 is 3.15 bits per heavy atom. The quantitative estimate of drug-likeness (QED) is 0.843. The first-order valence-corrected chi connectivity index (χ1v) is 6.65. The van der Waals surface area contributed by atoms with E-state index in [0.29, 0.717) is 18.9 Å². The largest absolute Gasteiger partial charge is 0.348 e. The molecule has 2 N–H and O–H groups in total. The molecular formula is C14H17N5O. The van der Waals surface area contributed by atoms with Crippen LogP contribution in [-0.2, 0) is 24.9 Å². The predicted octanol–water partition coefficient (Wildman–Crippen LogP) is 0.318. The van der Waals surface area contributed by atoms with Crippen molar-refractivity contribution in [2.24, 2.45) is 7.05 Å². The van der Waals surface area contributed by atoms with Crippen LogP contribution in [0.15, 0.2) is 30.6 Å². The maximum atomic E-state index is 12.3. The van der Waals surface area contributed by atoms with Crippen LogP contribution in [0.2, 0.25) is 0 Å². The minimum absolute atomic E-state index is 0.0112. The highest BCUT2D eigenvalue weighted by molar-refractivity contribution is 5.84. The highest BCUT2D eigenvalue weighted by Gasteiger charge is 2.25. The summed E-state index contributed by atoms with van der Waals surface area (Å²) in [4.78, 5) is 16.4. The SMILES string of the molecule is Cn1cnc(CNC(=O)C2CNCc3ccccc32)n1. The molecule has 0 fully saturated rings. The fourth-order valence-corrected chi connectivity index (χ4v) is 2.48. The molecule has 1 amide bonds. The number of nitrogens with zero attached hydrogens (tertiary/aromatic N) is 3. The minimum atomic E-state index is -0.149. The fourth-order valence-electron chi connectivity index (χ4n) is 2.48. The summed E-state index contributed by atoms with van der Waals surface area (Å²) >= 11 is 0. The molecule has 1 unspecified atom stereocenters. The second-order valence-electron chi connectivity index (χ2n) is 4.93. The predicted molar refractivity (Wildman–Crippen MR) is 73.7 cm³/mol. The van der Waals surface area contributed by atoms with E-state index in [4.69, 9.17) is 0 Å². The lowest BCUT2D eigenvalue weighted by Gasteiger charge is -2.25. The van der Waals surface area contributed by atoms with Gasteiger partial charge in [-0.2, -0.15) is 5.10 Å². The van der Waals surface area contributed by atoms with Gasteiger partial charge < -0.3 is 10.6 Å². The van der Waals surface area contributed by atoms with Gasteiger partial charge in [-0.25, -0.2) is 4.98 Å². The number of aromatic nitrogens is 3.